The maximum atomic E-state index is 12.5. The van der Waals surface area contributed by atoms with Gasteiger partial charge in [0.05, 0.1) is 28.7 Å². The fraction of sp³-hybridized carbons (Fsp3) is 0.286. The number of carbonyl (C=O) groups excluding carboxylic acids is 1. The fourth-order valence-corrected chi connectivity index (χ4v) is 2.14. The molecule has 0 aliphatic carbocycles. The van der Waals surface area contributed by atoms with E-state index >= 15 is 0 Å². The Labute approximate surface area is 133 Å². The molecule has 1 aromatic carbocycles. The topological polar surface area (TPSA) is 46.9 Å². The van der Waals surface area contributed by atoms with Crippen LogP contribution in [0.4, 0.5) is 18.9 Å². The van der Waals surface area contributed by atoms with Gasteiger partial charge >= 0.3 is 6.18 Å². The molecule has 22 heavy (non-hydrogen) atoms. The van der Waals surface area contributed by atoms with Crippen molar-refractivity contribution in [2.24, 2.45) is 5.92 Å². The van der Waals surface area contributed by atoms with E-state index in [4.69, 9.17) is 0 Å². The molecule has 1 unspecified atom stereocenters. The van der Waals surface area contributed by atoms with Crippen LogP contribution in [0.2, 0.25) is 0 Å². The third-order valence-corrected chi connectivity index (χ3v) is 3.40. The zero-order chi connectivity index (χ0) is 16.3. The molecule has 0 radical (unpaired) electrons. The van der Waals surface area contributed by atoms with E-state index in [1.54, 1.807) is 24.0 Å². The smallest absolute Gasteiger partial charge is 0.326 e. The van der Waals surface area contributed by atoms with E-state index in [-0.39, 0.29) is 11.8 Å². The molecule has 2 rings (SSSR count). The summed E-state index contributed by atoms with van der Waals surface area (Å²) in [5.74, 6) is -0.666. The molecule has 8 heteroatoms. The monoisotopic (exact) mass is 375 g/mol. The van der Waals surface area contributed by atoms with Gasteiger partial charge in [-0.15, -0.1) is 0 Å². The van der Waals surface area contributed by atoms with E-state index < -0.39 is 11.7 Å². The normalized spacial score (nSPS) is 13.0. The van der Waals surface area contributed by atoms with Crippen LogP contribution in [-0.2, 0) is 17.5 Å². The Bertz CT molecular complexity index is 652. The highest BCUT2D eigenvalue weighted by molar-refractivity contribution is 9.10. The lowest BCUT2D eigenvalue weighted by molar-refractivity contribution is -0.137. The molecule has 0 spiro atoms. The summed E-state index contributed by atoms with van der Waals surface area (Å²) in [6.45, 7) is 2.09. The van der Waals surface area contributed by atoms with Gasteiger partial charge in [0.1, 0.15) is 0 Å². The largest absolute Gasteiger partial charge is 0.416 e. The lowest BCUT2D eigenvalue weighted by atomic mass is 10.1. The van der Waals surface area contributed by atoms with Crippen molar-refractivity contribution >= 4 is 27.5 Å². The Morgan fingerprint density at radius 2 is 2.00 bits per heavy atom. The summed E-state index contributed by atoms with van der Waals surface area (Å²) in [6.07, 6.45) is -1.04. The first kappa shape index (κ1) is 16.5. The van der Waals surface area contributed by atoms with Crippen LogP contribution in [0.15, 0.2) is 41.1 Å². The highest BCUT2D eigenvalue weighted by Gasteiger charge is 2.30. The number of hydrogen-bond acceptors (Lipinski definition) is 2. The van der Waals surface area contributed by atoms with Crippen LogP contribution in [0.25, 0.3) is 0 Å². The molecule has 1 N–H and O–H groups in total. The van der Waals surface area contributed by atoms with Gasteiger partial charge in [-0.2, -0.15) is 18.3 Å². The molecule has 0 bridgehead atoms. The number of aromatic nitrogens is 2. The van der Waals surface area contributed by atoms with Gasteiger partial charge in [-0.1, -0.05) is 6.92 Å². The molecule has 0 fully saturated rings. The van der Waals surface area contributed by atoms with Crippen LogP contribution in [-0.4, -0.2) is 15.7 Å². The molecular formula is C14H13BrF3N3O. The maximum absolute atomic E-state index is 12.5. The molecule has 0 saturated heterocycles. The van der Waals surface area contributed by atoms with Crippen molar-refractivity contribution in [2.75, 3.05) is 5.32 Å². The molecule has 1 aromatic heterocycles. The van der Waals surface area contributed by atoms with Crippen LogP contribution in [0, 0.1) is 5.92 Å². The van der Waals surface area contributed by atoms with Gasteiger partial charge in [-0.3, -0.25) is 9.48 Å². The van der Waals surface area contributed by atoms with Crippen molar-refractivity contribution in [3.63, 3.8) is 0 Å². The van der Waals surface area contributed by atoms with Crippen LogP contribution < -0.4 is 5.32 Å². The summed E-state index contributed by atoms with van der Waals surface area (Å²) in [6, 6.07) is 4.34. The average molecular weight is 376 g/mol. The highest BCUT2D eigenvalue weighted by Crippen LogP contribution is 2.29. The molecule has 0 saturated carbocycles. The minimum absolute atomic E-state index is 0.286. The van der Waals surface area contributed by atoms with Gasteiger partial charge in [0.25, 0.3) is 0 Å². The van der Waals surface area contributed by atoms with Crippen molar-refractivity contribution in [3.05, 3.63) is 46.7 Å². The second-order valence-electron chi connectivity index (χ2n) is 4.85. The quantitative estimate of drug-likeness (QED) is 0.879. The molecule has 0 aliphatic heterocycles. The fourth-order valence-electron chi connectivity index (χ4n) is 1.81. The molecule has 1 atom stereocenters. The second kappa shape index (κ2) is 6.51. The van der Waals surface area contributed by atoms with Crippen molar-refractivity contribution in [1.29, 1.82) is 0 Å². The highest BCUT2D eigenvalue weighted by atomic mass is 79.9. The average Bonchev–Trinajstić information content (AvgIpc) is 2.83. The van der Waals surface area contributed by atoms with Crippen molar-refractivity contribution in [2.45, 2.75) is 19.6 Å². The number of rotatable bonds is 4. The van der Waals surface area contributed by atoms with Crippen LogP contribution in [0.1, 0.15) is 12.5 Å². The van der Waals surface area contributed by atoms with Gasteiger partial charge in [0, 0.05) is 11.9 Å². The Balaban J connectivity index is 1.96. The van der Waals surface area contributed by atoms with Crippen LogP contribution in [0.3, 0.4) is 0 Å². The van der Waals surface area contributed by atoms with Crippen molar-refractivity contribution < 1.29 is 18.0 Å². The molecule has 0 aliphatic rings. The summed E-state index contributed by atoms with van der Waals surface area (Å²) < 4.78 is 39.8. The first-order chi connectivity index (χ1) is 10.3. The number of carbonyl (C=O) groups is 1. The standard InChI is InChI=1S/C14H13BrF3N3O/c1-9(7-21-8-11(15)6-19-21)13(22)20-12-4-2-10(3-5-12)14(16,17)18/h2-6,8-9H,7H2,1H3,(H,20,22). The Kier molecular flexibility index (Phi) is 4.90. The summed E-state index contributed by atoms with van der Waals surface area (Å²) >= 11 is 3.26. The number of amides is 1. The Hall–Kier alpha value is -1.83. The van der Waals surface area contributed by atoms with Crippen molar-refractivity contribution in [1.82, 2.24) is 9.78 Å². The number of halogens is 4. The second-order valence-corrected chi connectivity index (χ2v) is 5.76. The lowest BCUT2D eigenvalue weighted by Crippen LogP contribution is -2.24. The van der Waals surface area contributed by atoms with E-state index in [0.717, 1.165) is 16.6 Å². The molecule has 1 amide bonds. The third kappa shape index (κ3) is 4.33. The number of nitrogens with zero attached hydrogens (tertiary/aromatic N) is 2. The number of nitrogens with one attached hydrogen (secondary N) is 1. The third-order valence-electron chi connectivity index (χ3n) is 2.99. The van der Waals surface area contributed by atoms with E-state index in [9.17, 15) is 18.0 Å². The van der Waals surface area contributed by atoms with Gasteiger partial charge in [-0.25, -0.2) is 0 Å². The number of anilines is 1. The molecule has 118 valence electrons. The van der Waals surface area contributed by atoms with E-state index in [0.29, 0.717) is 12.2 Å². The maximum Gasteiger partial charge on any atom is 0.416 e. The summed E-state index contributed by atoms with van der Waals surface area (Å²) in [4.78, 5) is 12.0. The zero-order valence-corrected chi connectivity index (χ0v) is 13.1. The van der Waals surface area contributed by atoms with Gasteiger partial charge in [-0.05, 0) is 40.2 Å². The summed E-state index contributed by atoms with van der Waals surface area (Å²) in [5.41, 5.74) is -0.425. The van der Waals surface area contributed by atoms with Gasteiger partial charge < -0.3 is 5.32 Å². The first-order valence-electron chi connectivity index (χ1n) is 6.42. The minimum atomic E-state index is -4.39. The van der Waals surface area contributed by atoms with E-state index in [1.807, 2.05) is 0 Å². The van der Waals surface area contributed by atoms with Crippen LogP contribution >= 0.6 is 15.9 Å². The Morgan fingerprint density at radius 1 is 1.36 bits per heavy atom. The SMILES string of the molecule is CC(Cn1cc(Br)cn1)C(=O)Nc1ccc(C(F)(F)F)cc1. The zero-order valence-electron chi connectivity index (χ0n) is 11.6. The molecule has 4 nitrogen and oxygen atoms in total. The van der Waals surface area contributed by atoms with Gasteiger partial charge in [0.15, 0.2) is 0 Å². The number of hydrogen-bond donors (Lipinski definition) is 1. The van der Waals surface area contributed by atoms with Gasteiger partial charge in [0.2, 0.25) is 5.91 Å². The molecular weight excluding hydrogens is 363 g/mol. The number of benzene rings is 1. The van der Waals surface area contributed by atoms with Crippen molar-refractivity contribution in [3.8, 4) is 0 Å². The Morgan fingerprint density at radius 3 is 2.50 bits per heavy atom. The van der Waals surface area contributed by atoms with Crippen LogP contribution in [0.5, 0.6) is 0 Å². The number of alkyl halides is 3. The lowest BCUT2D eigenvalue weighted by Gasteiger charge is -2.13. The predicted molar refractivity (Wildman–Crippen MR) is 79.2 cm³/mol. The summed E-state index contributed by atoms with van der Waals surface area (Å²) in [7, 11) is 0. The minimum Gasteiger partial charge on any atom is -0.326 e. The predicted octanol–water partition coefficient (Wildman–Crippen LogP) is 3.94. The molecule has 2 aromatic rings. The summed E-state index contributed by atoms with van der Waals surface area (Å²) in [5, 5.41) is 6.64. The first-order valence-corrected chi connectivity index (χ1v) is 7.21. The molecule has 1 heterocycles. The van der Waals surface area contributed by atoms with E-state index in [1.165, 1.54) is 12.1 Å². The van der Waals surface area contributed by atoms with E-state index in [2.05, 4.69) is 26.3 Å².